The largest absolute Gasteiger partial charge is 0.360 e. The molecule has 3 aromatic rings. The van der Waals surface area contributed by atoms with Gasteiger partial charge in [0.15, 0.2) is 0 Å². The topological polar surface area (TPSA) is 38.9 Å². The van der Waals surface area contributed by atoms with Gasteiger partial charge in [0.05, 0.1) is 5.56 Å². The molecule has 3 rings (SSSR count). The third-order valence-corrected chi connectivity index (χ3v) is 3.38. The Balaban J connectivity index is 2.21. The van der Waals surface area contributed by atoms with E-state index in [0.717, 1.165) is 0 Å². The first-order valence-corrected chi connectivity index (χ1v) is 6.93. The third-order valence-electron chi connectivity index (χ3n) is 3.38. The molecule has 0 N–H and O–H groups in total. The summed E-state index contributed by atoms with van der Waals surface area (Å²) in [6.45, 7) is 3.94. The van der Waals surface area contributed by atoms with Gasteiger partial charge in [-0.25, -0.2) is 9.37 Å². The Hall–Kier alpha value is -2.56. The van der Waals surface area contributed by atoms with Crippen molar-refractivity contribution in [3.05, 3.63) is 60.1 Å². The minimum atomic E-state index is -0.571. The van der Waals surface area contributed by atoms with Crippen molar-refractivity contribution in [2.24, 2.45) is 0 Å². The first-order chi connectivity index (χ1) is 10.6. The van der Waals surface area contributed by atoms with Gasteiger partial charge in [-0.3, -0.25) is 0 Å². The molecule has 0 fully saturated rings. The molecule has 1 aromatic carbocycles. The van der Waals surface area contributed by atoms with Crippen molar-refractivity contribution in [3.63, 3.8) is 0 Å². The minimum Gasteiger partial charge on any atom is -0.360 e. The van der Waals surface area contributed by atoms with Crippen LogP contribution in [0.2, 0.25) is 0 Å². The van der Waals surface area contributed by atoms with Crippen LogP contribution in [-0.2, 0) is 0 Å². The van der Waals surface area contributed by atoms with Gasteiger partial charge in [0.2, 0.25) is 5.95 Å². The molecule has 0 amide bonds. The molecule has 0 atom stereocenters. The highest BCUT2D eigenvalue weighted by molar-refractivity contribution is 5.82. The Kier molecular flexibility index (Phi) is 3.71. The van der Waals surface area contributed by atoms with Gasteiger partial charge >= 0.3 is 0 Å². The van der Waals surface area contributed by atoms with E-state index in [-0.39, 0.29) is 11.7 Å². The van der Waals surface area contributed by atoms with Crippen LogP contribution in [0.25, 0.3) is 22.4 Å². The van der Waals surface area contributed by atoms with E-state index in [1.165, 1.54) is 24.4 Å². The number of nitrogens with zero attached hydrogens (tertiary/aromatic N) is 2. The summed E-state index contributed by atoms with van der Waals surface area (Å²) >= 11 is 0. The lowest BCUT2D eigenvalue weighted by molar-refractivity contribution is 0.373. The van der Waals surface area contributed by atoms with E-state index in [1.54, 1.807) is 18.2 Å². The fourth-order valence-corrected chi connectivity index (χ4v) is 2.34. The lowest BCUT2D eigenvalue weighted by Crippen LogP contribution is -1.92. The number of hydrogen-bond acceptors (Lipinski definition) is 3. The van der Waals surface area contributed by atoms with Crippen LogP contribution in [0.3, 0.4) is 0 Å². The Labute approximate surface area is 126 Å². The van der Waals surface area contributed by atoms with Crippen LogP contribution in [0.1, 0.15) is 25.5 Å². The van der Waals surface area contributed by atoms with Crippen molar-refractivity contribution in [3.8, 4) is 22.4 Å². The second kappa shape index (κ2) is 5.67. The van der Waals surface area contributed by atoms with Crippen molar-refractivity contribution >= 4 is 0 Å². The Morgan fingerprint density at radius 3 is 2.36 bits per heavy atom. The van der Waals surface area contributed by atoms with Gasteiger partial charge in [0.1, 0.15) is 17.3 Å². The smallest absolute Gasteiger partial charge is 0.213 e. The second-order valence-corrected chi connectivity index (χ2v) is 5.30. The number of benzene rings is 1. The summed E-state index contributed by atoms with van der Waals surface area (Å²) in [7, 11) is 0. The van der Waals surface area contributed by atoms with Gasteiger partial charge < -0.3 is 4.52 Å². The minimum absolute atomic E-state index is 0.0768. The molecule has 0 saturated carbocycles. The van der Waals surface area contributed by atoms with Crippen LogP contribution < -0.4 is 0 Å². The van der Waals surface area contributed by atoms with Gasteiger partial charge in [-0.2, -0.15) is 4.39 Å². The average Bonchev–Trinajstić information content (AvgIpc) is 2.93. The van der Waals surface area contributed by atoms with Crippen molar-refractivity contribution in [1.82, 2.24) is 10.1 Å². The Morgan fingerprint density at radius 1 is 1.00 bits per heavy atom. The maximum atomic E-state index is 13.5. The molecule has 0 saturated heterocycles. The molecule has 22 heavy (non-hydrogen) atoms. The predicted octanol–water partition coefficient (Wildman–Crippen LogP) is 4.81. The summed E-state index contributed by atoms with van der Waals surface area (Å²) in [6, 6.07) is 9.00. The van der Waals surface area contributed by atoms with Crippen molar-refractivity contribution in [2.75, 3.05) is 0 Å². The second-order valence-electron chi connectivity index (χ2n) is 5.30. The number of pyridine rings is 1. The Morgan fingerprint density at radius 2 is 1.73 bits per heavy atom. The van der Waals surface area contributed by atoms with Crippen molar-refractivity contribution in [1.29, 1.82) is 0 Å². The fourth-order valence-electron chi connectivity index (χ4n) is 2.34. The highest BCUT2D eigenvalue weighted by Gasteiger charge is 2.21. The molecule has 0 radical (unpaired) electrons. The molecule has 112 valence electrons. The van der Waals surface area contributed by atoms with Crippen LogP contribution in [0.5, 0.6) is 0 Å². The van der Waals surface area contributed by atoms with E-state index in [1.807, 2.05) is 13.8 Å². The van der Waals surface area contributed by atoms with Crippen LogP contribution >= 0.6 is 0 Å². The van der Waals surface area contributed by atoms with Gasteiger partial charge in [-0.15, -0.1) is 0 Å². The summed E-state index contributed by atoms with van der Waals surface area (Å²) in [5, 5.41) is 4.10. The Bertz CT molecular complexity index is 795. The summed E-state index contributed by atoms with van der Waals surface area (Å²) in [5.41, 5.74) is 2.62. The van der Waals surface area contributed by atoms with Gasteiger partial charge in [0.25, 0.3) is 0 Å². The van der Waals surface area contributed by atoms with Crippen LogP contribution in [0.4, 0.5) is 8.78 Å². The monoisotopic (exact) mass is 300 g/mol. The van der Waals surface area contributed by atoms with E-state index >= 15 is 0 Å². The van der Waals surface area contributed by atoms with E-state index in [2.05, 4.69) is 10.1 Å². The maximum Gasteiger partial charge on any atom is 0.213 e. The quantitative estimate of drug-likeness (QED) is 0.652. The molecule has 0 aliphatic carbocycles. The number of halogens is 2. The molecule has 3 nitrogen and oxygen atoms in total. The molecule has 0 unspecified atom stereocenters. The first-order valence-electron chi connectivity index (χ1n) is 6.93. The van der Waals surface area contributed by atoms with E-state index in [4.69, 9.17) is 4.52 Å². The van der Waals surface area contributed by atoms with Crippen LogP contribution in [-0.4, -0.2) is 10.1 Å². The number of hydrogen-bond donors (Lipinski definition) is 0. The number of rotatable bonds is 3. The summed E-state index contributed by atoms with van der Waals surface area (Å²) in [4.78, 5) is 3.57. The average molecular weight is 300 g/mol. The highest BCUT2D eigenvalue weighted by Crippen LogP contribution is 2.37. The fraction of sp³-hybridized carbons (Fsp3) is 0.176. The molecule has 5 heteroatoms. The molecule has 0 bridgehead atoms. The zero-order valence-corrected chi connectivity index (χ0v) is 12.2. The highest BCUT2D eigenvalue weighted by atomic mass is 19.1. The zero-order valence-electron chi connectivity index (χ0n) is 12.2. The summed E-state index contributed by atoms with van der Waals surface area (Å²) < 4.78 is 32.0. The number of aromatic nitrogens is 2. The first kappa shape index (κ1) is 14.4. The standard InChI is InChI=1S/C17H14F2N2O/c1-10(2)17-15(12-7-8-20-14(19)9-12)16(21-22-17)11-3-5-13(18)6-4-11/h3-10H,1-2H3. The summed E-state index contributed by atoms with van der Waals surface area (Å²) in [5.74, 6) is -0.163. The lowest BCUT2D eigenvalue weighted by atomic mass is 9.96. The van der Waals surface area contributed by atoms with Gasteiger partial charge in [0, 0.05) is 23.7 Å². The van der Waals surface area contributed by atoms with Crippen molar-refractivity contribution < 1.29 is 13.3 Å². The zero-order chi connectivity index (χ0) is 15.7. The predicted molar refractivity (Wildman–Crippen MR) is 79.2 cm³/mol. The van der Waals surface area contributed by atoms with Crippen LogP contribution in [0.15, 0.2) is 47.1 Å². The van der Waals surface area contributed by atoms with E-state index < -0.39 is 5.95 Å². The SMILES string of the molecule is CC(C)c1onc(-c2ccc(F)cc2)c1-c1ccnc(F)c1. The lowest BCUT2D eigenvalue weighted by Gasteiger charge is -2.07. The van der Waals surface area contributed by atoms with Gasteiger partial charge in [-0.05, 0) is 35.9 Å². The molecule has 0 aliphatic heterocycles. The van der Waals surface area contributed by atoms with E-state index in [9.17, 15) is 8.78 Å². The molecular weight excluding hydrogens is 286 g/mol. The third kappa shape index (κ3) is 2.62. The summed E-state index contributed by atoms with van der Waals surface area (Å²) in [6.07, 6.45) is 1.40. The van der Waals surface area contributed by atoms with E-state index in [0.29, 0.717) is 28.1 Å². The maximum absolute atomic E-state index is 13.5. The van der Waals surface area contributed by atoms with Gasteiger partial charge in [-0.1, -0.05) is 19.0 Å². The van der Waals surface area contributed by atoms with Crippen LogP contribution in [0, 0.1) is 11.8 Å². The van der Waals surface area contributed by atoms with Crippen molar-refractivity contribution in [2.45, 2.75) is 19.8 Å². The molecule has 2 heterocycles. The molecule has 2 aromatic heterocycles. The molecular formula is C17H14F2N2O. The normalized spacial score (nSPS) is 11.1. The molecule has 0 spiro atoms. The molecule has 0 aliphatic rings.